The molecule has 1 aromatic carbocycles. The Kier molecular flexibility index (Phi) is 3.74. The van der Waals surface area contributed by atoms with Crippen molar-refractivity contribution in [1.29, 1.82) is 0 Å². The van der Waals surface area contributed by atoms with E-state index >= 15 is 0 Å². The zero-order valence-electron chi connectivity index (χ0n) is 11.6. The average Bonchev–Trinajstić information content (AvgIpc) is 2.93. The SMILES string of the molecule is Cc1ccc(NCC(=O)N2CCc3sccc3C2)cc1. The van der Waals surface area contributed by atoms with Crippen molar-refractivity contribution in [2.45, 2.75) is 19.9 Å². The molecule has 0 unspecified atom stereocenters. The van der Waals surface area contributed by atoms with Crippen LogP contribution in [0.4, 0.5) is 5.69 Å². The number of rotatable bonds is 3. The molecule has 3 rings (SSSR count). The van der Waals surface area contributed by atoms with Crippen LogP contribution in [0.1, 0.15) is 16.0 Å². The second-order valence-corrected chi connectivity index (χ2v) is 6.15. The monoisotopic (exact) mass is 286 g/mol. The van der Waals surface area contributed by atoms with Gasteiger partial charge < -0.3 is 10.2 Å². The van der Waals surface area contributed by atoms with E-state index in [1.807, 2.05) is 29.2 Å². The summed E-state index contributed by atoms with van der Waals surface area (Å²) in [5.74, 6) is 0.169. The number of carbonyl (C=O) groups is 1. The van der Waals surface area contributed by atoms with Crippen molar-refractivity contribution in [2.75, 3.05) is 18.4 Å². The van der Waals surface area contributed by atoms with E-state index in [0.717, 1.165) is 25.2 Å². The van der Waals surface area contributed by atoms with Gasteiger partial charge in [0.1, 0.15) is 0 Å². The van der Waals surface area contributed by atoms with Gasteiger partial charge >= 0.3 is 0 Å². The predicted octanol–water partition coefficient (Wildman–Crippen LogP) is 3.05. The highest BCUT2D eigenvalue weighted by molar-refractivity contribution is 7.10. The minimum Gasteiger partial charge on any atom is -0.376 e. The zero-order valence-corrected chi connectivity index (χ0v) is 12.4. The van der Waals surface area contributed by atoms with Gasteiger partial charge in [-0.25, -0.2) is 0 Å². The van der Waals surface area contributed by atoms with Gasteiger partial charge in [0.25, 0.3) is 0 Å². The lowest BCUT2D eigenvalue weighted by molar-refractivity contribution is -0.130. The number of benzene rings is 1. The van der Waals surface area contributed by atoms with E-state index < -0.39 is 0 Å². The van der Waals surface area contributed by atoms with E-state index in [4.69, 9.17) is 0 Å². The Morgan fingerprint density at radius 2 is 2.10 bits per heavy atom. The van der Waals surface area contributed by atoms with Crippen LogP contribution in [0, 0.1) is 6.92 Å². The summed E-state index contributed by atoms with van der Waals surface area (Å²) in [5.41, 5.74) is 3.53. The topological polar surface area (TPSA) is 32.3 Å². The van der Waals surface area contributed by atoms with Crippen LogP contribution < -0.4 is 5.32 Å². The highest BCUT2D eigenvalue weighted by Gasteiger charge is 2.20. The van der Waals surface area contributed by atoms with Crippen LogP contribution in [0.25, 0.3) is 0 Å². The minimum atomic E-state index is 0.169. The Balaban J connectivity index is 1.56. The molecule has 2 aromatic rings. The van der Waals surface area contributed by atoms with Gasteiger partial charge in [0.05, 0.1) is 6.54 Å². The maximum absolute atomic E-state index is 12.2. The van der Waals surface area contributed by atoms with Crippen molar-refractivity contribution in [3.8, 4) is 0 Å². The van der Waals surface area contributed by atoms with Gasteiger partial charge in [-0.2, -0.15) is 0 Å². The summed E-state index contributed by atoms with van der Waals surface area (Å²) < 4.78 is 0. The number of fused-ring (bicyclic) bond motifs is 1. The number of anilines is 1. The van der Waals surface area contributed by atoms with E-state index in [0.29, 0.717) is 6.54 Å². The van der Waals surface area contributed by atoms with E-state index in [-0.39, 0.29) is 5.91 Å². The Labute approximate surface area is 123 Å². The molecule has 1 aliphatic heterocycles. The largest absolute Gasteiger partial charge is 0.376 e. The fourth-order valence-corrected chi connectivity index (χ4v) is 3.31. The first-order valence-corrected chi connectivity index (χ1v) is 7.74. The molecule has 1 amide bonds. The second kappa shape index (κ2) is 5.67. The number of amides is 1. The van der Waals surface area contributed by atoms with E-state index in [1.165, 1.54) is 16.0 Å². The van der Waals surface area contributed by atoms with Crippen molar-refractivity contribution in [1.82, 2.24) is 4.90 Å². The minimum absolute atomic E-state index is 0.169. The molecule has 0 atom stereocenters. The predicted molar refractivity (Wildman–Crippen MR) is 83.1 cm³/mol. The number of nitrogens with zero attached hydrogens (tertiary/aromatic N) is 1. The van der Waals surface area contributed by atoms with Crippen molar-refractivity contribution in [3.63, 3.8) is 0 Å². The fourth-order valence-electron chi connectivity index (χ4n) is 2.42. The Hall–Kier alpha value is -1.81. The summed E-state index contributed by atoms with van der Waals surface area (Å²) in [5, 5.41) is 5.31. The lowest BCUT2D eigenvalue weighted by Gasteiger charge is -2.27. The summed E-state index contributed by atoms with van der Waals surface area (Å²) in [6.45, 7) is 4.01. The van der Waals surface area contributed by atoms with Gasteiger partial charge in [-0.15, -0.1) is 11.3 Å². The molecule has 0 fully saturated rings. The molecule has 2 heterocycles. The number of hydrogen-bond donors (Lipinski definition) is 1. The highest BCUT2D eigenvalue weighted by atomic mass is 32.1. The molecular formula is C16H18N2OS. The standard InChI is InChI=1S/C16H18N2OS/c1-12-2-4-14(5-3-12)17-10-16(19)18-8-6-15-13(11-18)7-9-20-15/h2-5,7,9,17H,6,8,10-11H2,1H3. The van der Waals surface area contributed by atoms with Crippen LogP contribution in [0.15, 0.2) is 35.7 Å². The molecule has 1 N–H and O–H groups in total. The van der Waals surface area contributed by atoms with Crippen LogP contribution in [-0.2, 0) is 17.8 Å². The number of hydrogen-bond acceptors (Lipinski definition) is 3. The molecule has 104 valence electrons. The summed E-state index contributed by atoms with van der Waals surface area (Å²) in [7, 11) is 0. The average molecular weight is 286 g/mol. The van der Waals surface area contributed by atoms with E-state index in [9.17, 15) is 4.79 Å². The van der Waals surface area contributed by atoms with Gasteiger partial charge in [-0.3, -0.25) is 4.79 Å². The number of carbonyl (C=O) groups excluding carboxylic acids is 1. The Bertz CT molecular complexity index is 603. The fraction of sp³-hybridized carbons (Fsp3) is 0.312. The third-order valence-corrected chi connectivity index (χ3v) is 4.68. The second-order valence-electron chi connectivity index (χ2n) is 5.15. The molecule has 0 bridgehead atoms. The van der Waals surface area contributed by atoms with Crippen LogP contribution in [0.5, 0.6) is 0 Å². The number of thiophene rings is 1. The molecule has 1 aromatic heterocycles. The molecule has 0 radical (unpaired) electrons. The first kappa shape index (κ1) is 13.2. The van der Waals surface area contributed by atoms with Crippen LogP contribution in [0.3, 0.4) is 0 Å². The molecule has 20 heavy (non-hydrogen) atoms. The van der Waals surface area contributed by atoms with Crippen molar-refractivity contribution >= 4 is 22.9 Å². The first-order valence-electron chi connectivity index (χ1n) is 6.86. The molecule has 0 aliphatic carbocycles. The van der Waals surface area contributed by atoms with Crippen LogP contribution in [0.2, 0.25) is 0 Å². The molecule has 0 spiro atoms. The summed E-state index contributed by atoms with van der Waals surface area (Å²) in [6, 6.07) is 10.2. The molecular weight excluding hydrogens is 268 g/mol. The van der Waals surface area contributed by atoms with Crippen LogP contribution >= 0.6 is 11.3 Å². The Morgan fingerprint density at radius 3 is 2.90 bits per heavy atom. The summed E-state index contributed by atoms with van der Waals surface area (Å²) >= 11 is 1.80. The summed E-state index contributed by atoms with van der Waals surface area (Å²) in [6.07, 6.45) is 0.989. The molecule has 4 heteroatoms. The van der Waals surface area contributed by atoms with Crippen molar-refractivity contribution < 1.29 is 4.79 Å². The zero-order chi connectivity index (χ0) is 13.9. The smallest absolute Gasteiger partial charge is 0.242 e. The van der Waals surface area contributed by atoms with Crippen LogP contribution in [-0.4, -0.2) is 23.9 Å². The van der Waals surface area contributed by atoms with Gasteiger partial charge in [-0.05, 0) is 42.5 Å². The lowest BCUT2D eigenvalue weighted by atomic mass is 10.1. The van der Waals surface area contributed by atoms with E-state index in [2.05, 4.69) is 23.7 Å². The maximum atomic E-state index is 12.2. The molecule has 0 saturated heterocycles. The molecule has 1 aliphatic rings. The summed E-state index contributed by atoms with van der Waals surface area (Å²) in [4.78, 5) is 15.6. The normalized spacial score (nSPS) is 13.9. The van der Waals surface area contributed by atoms with Crippen molar-refractivity contribution in [3.05, 3.63) is 51.7 Å². The van der Waals surface area contributed by atoms with Gasteiger partial charge in [0, 0.05) is 23.7 Å². The molecule has 0 saturated carbocycles. The number of nitrogens with one attached hydrogen (secondary N) is 1. The van der Waals surface area contributed by atoms with Crippen molar-refractivity contribution in [2.24, 2.45) is 0 Å². The lowest BCUT2D eigenvalue weighted by Crippen LogP contribution is -2.38. The third kappa shape index (κ3) is 2.85. The Morgan fingerprint density at radius 1 is 1.30 bits per heavy atom. The maximum Gasteiger partial charge on any atom is 0.242 e. The van der Waals surface area contributed by atoms with Gasteiger partial charge in [0.2, 0.25) is 5.91 Å². The third-order valence-electron chi connectivity index (χ3n) is 3.66. The molecule has 3 nitrogen and oxygen atoms in total. The highest BCUT2D eigenvalue weighted by Crippen LogP contribution is 2.24. The quantitative estimate of drug-likeness (QED) is 0.940. The van der Waals surface area contributed by atoms with Gasteiger partial charge in [0.15, 0.2) is 0 Å². The van der Waals surface area contributed by atoms with Gasteiger partial charge in [-0.1, -0.05) is 17.7 Å². The number of aryl methyl sites for hydroxylation is 1. The first-order chi connectivity index (χ1) is 9.72. The van der Waals surface area contributed by atoms with E-state index in [1.54, 1.807) is 11.3 Å².